The minimum Gasteiger partial charge on any atom is -0.422 e. The zero-order chi connectivity index (χ0) is 12.7. The van der Waals surface area contributed by atoms with Gasteiger partial charge in [0.05, 0.1) is 5.60 Å². The highest BCUT2D eigenvalue weighted by atomic mass is 28.2. The molecule has 2 heteroatoms. The van der Waals surface area contributed by atoms with Crippen LogP contribution >= 0.6 is 0 Å². The maximum Gasteiger partial charge on any atom is 0.146 e. The van der Waals surface area contributed by atoms with Crippen LogP contribution in [0.15, 0.2) is 22.3 Å². The Balaban J connectivity index is 3.10. The predicted octanol–water partition coefficient (Wildman–Crippen LogP) is 3.00. The third-order valence-electron chi connectivity index (χ3n) is 4.74. The SMILES string of the molecule is CC1=C(C)C(C)C(C(C)C(C)(C)O[SiH3])=C1C. The Morgan fingerprint density at radius 2 is 1.69 bits per heavy atom. The van der Waals surface area contributed by atoms with Crippen LogP contribution in [0.3, 0.4) is 0 Å². The van der Waals surface area contributed by atoms with Crippen molar-refractivity contribution in [3.63, 3.8) is 0 Å². The second-order valence-corrected chi connectivity index (χ2v) is 6.05. The third-order valence-corrected chi connectivity index (χ3v) is 5.79. The number of rotatable bonds is 3. The lowest BCUT2D eigenvalue weighted by Gasteiger charge is -2.35. The summed E-state index contributed by atoms with van der Waals surface area (Å²) < 4.78 is 5.77. The summed E-state index contributed by atoms with van der Waals surface area (Å²) in [5.41, 5.74) is 6.06. The minimum absolute atomic E-state index is 0.0258. The first-order valence-corrected chi connectivity index (χ1v) is 6.99. The van der Waals surface area contributed by atoms with E-state index in [0.29, 0.717) is 11.8 Å². The van der Waals surface area contributed by atoms with Gasteiger partial charge in [-0.15, -0.1) is 0 Å². The predicted molar refractivity (Wildman–Crippen MR) is 74.5 cm³/mol. The maximum absolute atomic E-state index is 5.77. The summed E-state index contributed by atoms with van der Waals surface area (Å²) in [6.07, 6.45) is 0. The van der Waals surface area contributed by atoms with E-state index in [1.54, 1.807) is 5.57 Å². The summed E-state index contributed by atoms with van der Waals surface area (Å²) >= 11 is 0. The zero-order valence-corrected chi connectivity index (χ0v) is 14.1. The molecule has 0 bridgehead atoms. The van der Waals surface area contributed by atoms with E-state index < -0.39 is 0 Å². The van der Waals surface area contributed by atoms with Crippen LogP contribution in [0.5, 0.6) is 0 Å². The number of hydrogen-bond donors (Lipinski definition) is 0. The molecule has 0 fully saturated rings. The van der Waals surface area contributed by atoms with E-state index in [9.17, 15) is 0 Å². The van der Waals surface area contributed by atoms with E-state index in [-0.39, 0.29) is 5.60 Å². The molecule has 2 unspecified atom stereocenters. The van der Waals surface area contributed by atoms with Gasteiger partial charge in [-0.3, -0.25) is 0 Å². The van der Waals surface area contributed by atoms with Gasteiger partial charge in [-0.05, 0) is 51.7 Å². The van der Waals surface area contributed by atoms with Crippen LogP contribution in [0.2, 0.25) is 0 Å². The summed E-state index contributed by atoms with van der Waals surface area (Å²) in [5, 5.41) is 0. The molecule has 0 aliphatic heterocycles. The van der Waals surface area contributed by atoms with Gasteiger partial charge >= 0.3 is 0 Å². The van der Waals surface area contributed by atoms with Crippen LogP contribution in [0, 0.1) is 11.8 Å². The highest BCUT2D eigenvalue weighted by Gasteiger charge is 2.35. The second-order valence-electron chi connectivity index (χ2n) is 5.64. The molecular weight excluding hydrogens is 212 g/mol. The molecule has 1 rings (SSSR count). The van der Waals surface area contributed by atoms with Gasteiger partial charge in [0, 0.05) is 5.92 Å². The first-order valence-electron chi connectivity index (χ1n) is 6.17. The number of allylic oxidation sites excluding steroid dienone is 3. The van der Waals surface area contributed by atoms with Crippen molar-refractivity contribution >= 4 is 10.5 Å². The summed E-state index contributed by atoms with van der Waals surface area (Å²) in [5.74, 6) is 1.08. The van der Waals surface area contributed by atoms with Gasteiger partial charge in [0.2, 0.25) is 0 Å². The molecule has 0 aromatic heterocycles. The Morgan fingerprint density at radius 1 is 1.19 bits per heavy atom. The highest BCUT2D eigenvalue weighted by molar-refractivity contribution is 5.98. The van der Waals surface area contributed by atoms with Crippen molar-refractivity contribution < 1.29 is 4.43 Å². The topological polar surface area (TPSA) is 9.23 Å². The van der Waals surface area contributed by atoms with Gasteiger partial charge in [-0.1, -0.05) is 25.0 Å². The van der Waals surface area contributed by atoms with E-state index in [1.807, 2.05) is 0 Å². The van der Waals surface area contributed by atoms with Crippen molar-refractivity contribution in [1.82, 2.24) is 0 Å². The molecule has 0 N–H and O–H groups in total. The molecule has 92 valence electrons. The van der Waals surface area contributed by atoms with Crippen molar-refractivity contribution in [3.05, 3.63) is 22.3 Å². The standard InChI is InChI=1S/C14H26OSi/c1-8-9(2)11(4)13(10(8)3)12(5)14(6,7)15-16/h10,12H,1-7,16H3. The van der Waals surface area contributed by atoms with E-state index in [2.05, 4.69) is 48.5 Å². The van der Waals surface area contributed by atoms with Crippen molar-refractivity contribution in [3.8, 4) is 0 Å². The summed E-state index contributed by atoms with van der Waals surface area (Å²) in [4.78, 5) is 0. The zero-order valence-electron chi connectivity index (χ0n) is 12.1. The molecule has 0 heterocycles. The van der Waals surface area contributed by atoms with Gasteiger partial charge in [0.1, 0.15) is 10.5 Å². The molecule has 0 spiro atoms. The number of hydrogen-bond acceptors (Lipinski definition) is 1. The first kappa shape index (κ1) is 13.7. The third kappa shape index (κ3) is 2.05. The summed E-state index contributed by atoms with van der Waals surface area (Å²) in [6.45, 7) is 15.8. The maximum atomic E-state index is 5.77. The smallest absolute Gasteiger partial charge is 0.146 e. The van der Waals surface area contributed by atoms with Gasteiger partial charge in [0.25, 0.3) is 0 Å². The first-order chi connectivity index (χ1) is 7.24. The molecule has 1 aliphatic rings. The van der Waals surface area contributed by atoms with Crippen LogP contribution in [0.1, 0.15) is 48.5 Å². The van der Waals surface area contributed by atoms with Gasteiger partial charge < -0.3 is 4.43 Å². The molecule has 1 nitrogen and oxygen atoms in total. The average molecular weight is 238 g/mol. The Kier molecular flexibility index (Phi) is 3.86. The molecule has 0 saturated carbocycles. The van der Waals surface area contributed by atoms with E-state index in [0.717, 1.165) is 10.5 Å². The Labute approximate surface area is 104 Å². The van der Waals surface area contributed by atoms with Crippen molar-refractivity contribution in [1.29, 1.82) is 0 Å². The minimum atomic E-state index is -0.0258. The molecule has 0 amide bonds. The van der Waals surface area contributed by atoms with Crippen molar-refractivity contribution in [2.75, 3.05) is 0 Å². The fraction of sp³-hybridized carbons (Fsp3) is 0.714. The molecule has 16 heavy (non-hydrogen) atoms. The van der Waals surface area contributed by atoms with E-state index in [1.165, 1.54) is 16.7 Å². The molecule has 0 aromatic carbocycles. The van der Waals surface area contributed by atoms with Gasteiger partial charge in [-0.25, -0.2) is 0 Å². The summed E-state index contributed by atoms with van der Waals surface area (Å²) in [7, 11) is 0.806. The van der Waals surface area contributed by atoms with Gasteiger partial charge in [-0.2, -0.15) is 0 Å². The molecule has 0 saturated heterocycles. The average Bonchev–Trinajstić information content (AvgIpc) is 2.43. The van der Waals surface area contributed by atoms with Crippen molar-refractivity contribution in [2.24, 2.45) is 11.8 Å². The Bertz CT molecular complexity index is 350. The van der Waals surface area contributed by atoms with Crippen LogP contribution < -0.4 is 0 Å². The van der Waals surface area contributed by atoms with E-state index >= 15 is 0 Å². The largest absolute Gasteiger partial charge is 0.422 e. The van der Waals surface area contributed by atoms with E-state index in [4.69, 9.17) is 4.43 Å². The van der Waals surface area contributed by atoms with Crippen LogP contribution in [0.4, 0.5) is 0 Å². The molecule has 2 atom stereocenters. The lowest BCUT2D eigenvalue weighted by molar-refractivity contribution is 0.0750. The molecule has 1 aliphatic carbocycles. The fourth-order valence-electron chi connectivity index (χ4n) is 2.65. The molecule has 0 radical (unpaired) electrons. The Morgan fingerprint density at radius 3 is 2.00 bits per heavy atom. The van der Waals surface area contributed by atoms with Crippen LogP contribution in [-0.2, 0) is 4.43 Å². The Hall–Kier alpha value is -0.343. The lowest BCUT2D eigenvalue weighted by Crippen LogP contribution is -2.34. The van der Waals surface area contributed by atoms with Crippen LogP contribution in [0.25, 0.3) is 0 Å². The molecule has 0 aromatic rings. The van der Waals surface area contributed by atoms with Crippen LogP contribution in [-0.4, -0.2) is 16.1 Å². The summed E-state index contributed by atoms with van der Waals surface area (Å²) in [6, 6.07) is 0. The molecular formula is C14H26OSi. The quantitative estimate of drug-likeness (QED) is 0.687. The fourth-order valence-corrected chi connectivity index (χ4v) is 3.00. The van der Waals surface area contributed by atoms with Crippen molar-refractivity contribution in [2.45, 2.75) is 54.1 Å². The lowest BCUT2D eigenvalue weighted by atomic mass is 9.79. The second kappa shape index (κ2) is 4.50. The highest BCUT2D eigenvalue weighted by Crippen LogP contribution is 2.43. The monoisotopic (exact) mass is 238 g/mol. The normalized spacial score (nSPS) is 24.6. The van der Waals surface area contributed by atoms with Gasteiger partial charge in [0.15, 0.2) is 0 Å².